The molecule has 0 spiro atoms. The SMILES string of the molecule is CCCNC(=O)c1cnn(CC)c1N. The second-order valence-electron chi connectivity index (χ2n) is 3.02. The van der Waals surface area contributed by atoms with E-state index < -0.39 is 0 Å². The number of carbonyl (C=O) groups is 1. The number of rotatable bonds is 4. The van der Waals surface area contributed by atoms with Gasteiger partial charge in [0.25, 0.3) is 5.91 Å². The standard InChI is InChI=1S/C9H16N4O/c1-3-5-11-9(14)7-6-12-13(4-2)8(7)10/h6H,3-5,10H2,1-2H3,(H,11,14). The first-order valence-electron chi connectivity index (χ1n) is 4.80. The highest BCUT2D eigenvalue weighted by molar-refractivity contribution is 5.98. The third-order valence-electron chi connectivity index (χ3n) is 1.96. The van der Waals surface area contributed by atoms with Gasteiger partial charge in [-0.1, -0.05) is 6.92 Å². The Morgan fingerprint density at radius 1 is 1.64 bits per heavy atom. The van der Waals surface area contributed by atoms with Gasteiger partial charge in [-0.25, -0.2) is 4.68 Å². The van der Waals surface area contributed by atoms with Crippen molar-refractivity contribution >= 4 is 11.7 Å². The van der Waals surface area contributed by atoms with Gasteiger partial charge in [-0.2, -0.15) is 5.10 Å². The molecule has 0 atom stereocenters. The summed E-state index contributed by atoms with van der Waals surface area (Å²) in [6.45, 7) is 5.26. The number of nitrogens with one attached hydrogen (secondary N) is 1. The topological polar surface area (TPSA) is 72.9 Å². The fourth-order valence-corrected chi connectivity index (χ4v) is 1.16. The van der Waals surface area contributed by atoms with Crippen LogP contribution in [0.25, 0.3) is 0 Å². The summed E-state index contributed by atoms with van der Waals surface area (Å²) in [5, 5.41) is 6.75. The molecule has 1 aromatic heterocycles. The molecule has 0 unspecified atom stereocenters. The molecule has 78 valence electrons. The largest absolute Gasteiger partial charge is 0.383 e. The molecule has 1 amide bonds. The molecule has 0 radical (unpaired) electrons. The van der Waals surface area contributed by atoms with Gasteiger partial charge in [-0.15, -0.1) is 0 Å². The molecule has 1 heterocycles. The van der Waals surface area contributed by atoms with Crippen LogP contribution in [0.1, 0.15) is 30.6 Å². The zero-order chi connectivity index (χ0) is 10.6. The number of nitrogens with zero attached hydrogens (tertiary/aromatic N) is 2. The predicted molar refractivity (Wildman–Crippen MR) is 54.9 cm³/mol. The van der Waals surface area contributed by atoms with E-state index in [1.807, 2.05) is 13.8 Å². The van der Waals surface area contributed by atoms with E-state index in [9.17, 15) is 4.79 Å². The third-order valence-corrected chi connectivity index (χ3v) is 1.96. The normalized spacial score (nSPS) is 10.1. The number of nitrogens with two attached hydrogens (primary N) is 1. The van der Waals surface area contributed by atoms with Gasteiger partial charge in [0.1, 0.15) is 11.4 Å². The lowest BCUT2D eigenvalue weighted by atomic mass is 10.3. The van der Waals surface area contributed by atoms with E-state index in [0.717, 1.165) is 6.42 Å². The van der Waals surface area contributed by atoms with Crippen molar-refractivity contribution in [2.24, 2.45) is 0 Å². The van der Waals surface area contributed by atoms with E-state index in [1.165, 1.54) is 6.20 Å². The molecule has 0 aliphatic carbocycles. The van der Waals surface area contributed by atoms with E-state index in [4.69, 9.17) is 5.73 Å². The summed E-state index contributed by atoms with van der Waals surface area (Å²) in [7, 11) is 0. The fourth-order valence-electron chi connectivity index (χ4n) is 1.16. The number of carbonyl (C=O) groups excluding carboxylic acids is 1. The average Bonchev–Trinajstić information content (AvgIpc) is 2.56. The van der Waals surface area contributed by atoms with Crippen LogP contribution in [0.2, 0.25) is 0 Å². The number of aryl methyl sites for hydroxylation is 1. The Hall–Kier alpha value is -1.52. The number of hydrogen-bond acceptors (Lipinski definition) is 3. The maximum absolute atomic E-state index is 11.5. The van der Waals surface area contributed by atoms with Crippen LogP contribution in [-0.4, -0.2) is 22.2 Å². The maximum atomic E-state index is 11.5. The van der Waals surface area contributed by atoms with Crippen molar-refractivity contribution in [3.8, 4) is 0 Å². The molecule has 0 bridgehead atoms. The monoisotopic (exact) mass is 196 g/mol. The first kappa shape index (κ1) is 10.6. The lowest BCUT2D eigenvalue weighted by Crippen LogP contribution is -2.24. The molecule has 1 aromatic rings. The second-order valence-corrected chi connectivity index (χ2v) is 3.02. The quantitative estimate of drug-likeness (QED) is 0.741. The minimum absolute atomic E-state index is 0.149. The highest BCUT2D eigenvalue weighted by atomic mass is 16.1. The van der Waals surface area contributed by atoms with Crippen LogP contribution in [0.4, 0.5) is 5.82 Å². The zero-order valence-electron chi connectivity index (χ0n) is 8.58. The zero-order valence-corrected chi connectivity index (χ0v) is 8.58. The number of amides is 1. The Morgan fingerprint density at radius 2 is 2.36 bits per heavy atom. The molecule has 1 rings (SSSR count). The molecular formula is C9H16N4O. The highest BCUT2D eigenvalue weighted by Gasteiger charge is 2.13. The van der Waals surface area contributed by atoms with Gasteiger partial charge in [0, 0.05) is 13.1 Å². The van der Waals surface area contributed by atoms with Gasteiger partial charge >= 0.3 is 0 Å². The van der Waals surface area contributed by atoms with Crippen molar-refractivity contribution < 1.29 is 4.79 Å². The summed E-state index contributed by atoms with van der Waals surface area (Å²) in [6.07, 6.45) is 2.41. The molecule has 5 heteroatoms. The van der Waals surface area contributed by atoms with Gasteiger partial charge in [0.2, 0.25) is 0 Å². The molecule has 0 aliphatic rings. The van der Waals surface area contributed by atoms with Crippen LogP contribution in [0.3, 0.4) is 0 Å². The van der Waals surface area contributed by atoms with Crippen LogP contribution in [0.5, 0.6) is 0 Å². The Bertz CT molecular complexity index is 319. The molecule has 0 saturated carbocycles. The molecule has 0 aromatic carbocycles. The molecule has 0 saturated heterocycles. The summed E-state index contributed by atoms with van der Waals surface area (Å²) in [4.78, 5) is 11.5. The summed E-state index contributed by atoms with van der Waals surface area (Å²) in [5.74, 6) is 0.283. The maximum Gasteiger partial charge on any atom is 0.256 e. The molecule has 3 N–H and O–H groups in total. The van der Waals surface area contributed by atoms with Crippen molar-refractivity contribution in [1.82, 2.24) is 15.1 Å². The van der Waals surface area contributed by atoms with E-state index in [-0.39, 0.29) is 5.91 Å². The lowest BCUT2D eigenvalue weighted by molar-refractivity contribution is 0.0954. The third kappa shape index (κ3) is 2.04. The van der Waals surface area contributed by atoms with Crippen LogP contribution >= 0.6 is 0 Å². The van der Waals surface area contributed by atoms with Crippen molar-refractivity contribution in [2.45, 2.75) is 26.8 Å². The first-order valence-corrected chi connectivity index (χ1v) is 4.80. The van der Waals surface area contributed by atoms with Crippen molar-refractivity contribution in [1.29, 1.82) is 0 Å². The first-order chi connectivity index (χ1) is 6.70. The fraction of sp³-hybridized carbons (Fsp3) is 0.556. The van der Waals surface area contributed by atoms with E-state index in [1.54, 1.807) is 4.68 Å². The van der Waals surface area contributed by atoms with Gasteiger partial charge in [-0.05, 0) is 13.3 Å². The number of hydrogen-bond donors (Lipinski definition) is 2. The predicted octanol–water partition coefficient (Wildman–Crippen LogP) is 0.625. The Balaban J connectivity index is 2.75. The number of aromatic nitrogens is 2. The van der Waals surface area contributed by atoms with Crippen molar-refractivity contribution in [3.63, 3.8) is 0 Å². The van der Waals surface area contributed by atoms with E-state index >= 15 is 0 Å². The van der Waals surface area contributed by atoms with E-state index in [0.29, 0.717) is 24.5 Å². The smallest absolute Gasteiger partial charge is 0.256 e. The number of anilines is 1. The minimum Gasteiger partial charge on any atom is -0.383 e. The van der Waals surface area contributed by atoms with Crippen LogP contribution in [-0.2, 0) is 6.54 Å². The van der Waals surface area contributed by atoms with Gasteiger partial charge in [-0.3, -0.25) is 4.79 Å². The Kier molecular flexibility index (Phi) is 3.50. The van der Waals surface area contributed by atoms with Gasteiger partial charge in [0.05, 0.1) is 6.20 Å². The Labute approximate surface area is 83.3 Å². The van der Waals surface area contributed by atoms with Crippen molar-refractivity contribution in [2.75, 3.05) is 12.3 Å². The van der Waals surface area contributed by atoms with Gasteiger partial charge < -0.3 is 11.1 Å². The van der Waals surface area contributed by atoms with Gasteiger partial charge in [0.15, 0.2) is 0 Å². The average molecular weight is 196 g/mol. The summed E-state index contributed by atoms with van der Waals surface area (Å²) in [6, 6.07) is 0. The van der Waals surface area contributed by atoms with Crippen LogP contribution in [0.15, 0.2) is 6.20 Å². The van der Waals surface area contributed by atoms with Crippen LogP contribution < -0.4 is 11.1 Å². The summed E-state index contributed by atoms with van der Waals surface area (Å²) >= 11 is 0. The molecular weight excluding hydrogens is 180 g/mol. The summed E-state index contributed by atoms with van der Waals surface area (Å²) in [5.41, 5.74) is 6.18. The van der Waals surface area contributed by atoms with Crippen molar-refractivity contribution in [3.05, 3.63) is 11.8 Å². The van der Waals surface area contributed by atoms with E-state index in [2.05, 4.69) is 10.4 Å². The second kappa shape index (κ2) is 4.64. The van der Waals surface area contributed by atoms with Crippen LogP contribution in [0, 0.1) is 0 Å². The molecule has 0 aliphatic heterocycles. The number of nitrogen functional groups attached to an aromatic ring is 1. The molecule has 14 heavy (non-hydrogen) atoms. The molecule has 0 fully saturated rings. The summed E-state index contributed by atoms with van der Waals surface area (Å²) < 4.78 is 1.60. The molecule has 5 nitrogen and oxygen atoms in total. The highest BCUT2D eigenvalue weighted by Crippen LogP contribution is 2.09. The minimum atomic E-state index is -0.149. The lowest BCUT2D eigenvalue weighted by Gasteiger charge is -2.03. The Morgan fingerprint density at radius 3 is 2.86 bits per heavy atom.